The zero-order valence-electron chi connectivity index (χ0n) is 11.8. The van der Waals surface area contributed by atoms with Crippen molar-refractivity contribution in [3.8, 4) is 5.75 Å². The number of piperidine rings is 1. The summed E-state index contributed by atoms with van der Waals surface area (Å²) in [5.41, 5.74) is 0.478. The number of rotatable bonds is 3. The van der Waals surface area contributed by atoms with Crippen LogP contribution in [0.1, 0.15) is 29.6 Å². The van der Waals surface area contributed by atoms with Gasteiger partial charge in [-0.15, -0.1) is 0 Å². The number of carbonyl (C=O) groups excluding carboxylic acids is 2. The lowest BCUT2D eigenvalue weighted by Gasteiger charge is -2.34. The third-order valence-electron chi connectivity index (χ3n) is 3.57. The fourth-order valence-electron chi connectivity index (χ4n) is 2.53. The van der Waals surface area contributed by atoms with Gasteiger partial charge in [0.15, 0.2) is 0 Å². The topological polar surface area (TPSA) is 55.8 Å². The quantitative estimate of drug-likeness (QED) is 0.791. The largest absolute Gasteiger partial charge is 0.496 e. The molecule has 1 heterocycles. The summed E-state index contributed by atoms with van der Waals surface area (Å²) in [6.07, 6.45) is 2.47. The molecule has 0 unspecified atom stereocenters. The predicted octanol–water partition coefficient (Wildman–Crippen LogP) is 1.86. The maximum absolute atomic E-state index is 12.6. The van der Waals surface area contributed by atoms with Gasteiger partial charge in [-0.1, -0.05) is 12.1 Å². The van der Waals surface area contributed by atoms with Gasteiger partial charge in [0, 0.05) is 6.54 Å². The lowest BCUT2D eigenvalue weighted by Crippen LogP contribution is -2.48. The number of likely N-dealkylation sites (tertiary alicyclic amines) is 1. The van der Waals surface area contributed by atoms with E-state index in [0.29, 0.717) is 24.3 Å². The number of nitrogens with zero attached hydrogens (tertiary/aromatic N) is 1. The maximum Gasteiger partial charge on any atom is 0.328 e. The molecule has 1 aromatic carbocycles. The second-order valence-electron chi connectivity index (χ2n) is 4.73. The number of hydrogen-bond acceptors (Lipinski definition) is 4. The zero-order valence-corrected chi connectivity index (χ0v) is 11.8. The Morgan fingerprint density at radius 3 is 2.65 bits per heavy atom. The Hall–Kier alpha value is -2.04. The molecule has 1 aliphatic rings. The van der Waals surface area contributed by atoms with Crippen LogP contribution in [-0.4, -0.2) is 43.6 Å². The number of para-hydroxylation sites is 1. The fraction of sp³-hybridized carbons (Fsp3) is 0.467. The van der Waals surface area contributed by atoms with Crippen LogP contribution in [0.3, 0.4) is 0 Å². The molecule has 1 atom stereocenters. The molecule has 108 valence electrons. The molecule has 5 nitrogen and oxygen atoms in total. The number of methoxy groups -OCH3 is 2. The van der Waals surface area contributed by atoms with Crippen molar-refractivity contribution < 1.29 is 19.1 Å². The monoisotopic (exact) mass is 277 g/mol. The number of benzene rings is 1. The van der Waals surface area contributed by atoms with Crippen molar-refractivity contribution >= 4 is 11.9 Å². The second kappa shape index (κ2) is 6.41. The summed E-state index contributed by atoms with van der Waals surface area (Å²) in [5, 5.41) is 0. The first-order valence-corrected chi connectivity index (χ1v) is 6.71. The maximum atomic E-state index is 12.6. The highest BCUT2D eigenvalue weighted by Crippen LogP contribution is 2.25. The first-order valence-electron chi connectivity index (χ1n) is 6.71. The van der Waals surface area contributed by atoms with Gasteiger partial charge in [-0.2, -0.15) is 0 Å². The molecule has 0 N–H and O–H groups in total. The highest BCUT2D eigenvalue weighted by atomic mass is 16.5. The molecule has 5 heteroatoms. The van der Waals surface area contributed by atoms with E-state index in [1.807, 2.05) is 6.07 Å². The van der Waals surface area contributed by atoms with Crippen LogP contribution in [0.4, 0.5) is 0 Å². The second-order valence-corrected chi connectivity index (χ2v) is 4.73. The lowest BCUT2D eigenvalue weighted by atomic mass is 10.0. The average molecular weight is 277 g/mol. The number of carbonyl (C=O) groups is 2. The minimum absolute atomic E-state index is 0.183. The first kappa shape index (κ1) is 14.4. The van der Waals surface area contributed by atoms with Crippen LogP contribution in [0.2, 0.25) is 0 Å². The molecule has 0 saturated carbocycles. The van der Waals surface area contributed by atoms with Gasteiger partial charge in [0.25, 0.3) is 5.91 Å². The van der Waals surface area contributed by atoms with Gasteiger partial charge in [-0.25, -0.2) is 4.79 Å². The molecular weight excluding hydrogens is 258 g/mol. The number of esters is 1. The van der Waals surface area contributed by atoms with E-state index in [2.05, 4.69) is 0 Å². The van der Waals surface area contributed by atoms with E-state index in [1.54, 1.807) is 23.1 Å². The Bertz CT molecular complexity index is 500. The van der Waals surface area contributed by atoms with Crippen LogP contribution in [0.15, 0.2) is 24.3 Å². The summed E-state index contributed by atoms with van der Waals surface area (Å²) in [6, 6.07) is 6.55. The van der Waals surface area contributed by atoms with Crippen LogP contribution in [-0.2, 0) is 9.53 Å². The van der Waals surface area contributed by atoms with Crippen LogP contribution >= 0.6 is 0 Å². The first-order chi connectivity index (χ1) is 9.69. The molecule has 2 rings (SSSR count). The fourth-order valence-corrected chi connectivity index (χ4v) is 2.53. The van der Waals surface area contributed by atoms with Gasteiger partial charge in [0.05, 0.1) is 19.8 Å². The van der Waals surface area contributed by atoms with Gasteiger partial charge in [0.2, 0.25) is 0 Å². The van der Waals surface area contributed by atoms with E-state index < -0.39 is 6.04 Å². The SMILES string of the molecule is COC(=O)[C@H]1CCCCN1C(=O)c1ccccc1OC. The van der Waals surface area contributed by atoms with E-state index in [-0.39, 0.29) is 11.9 Å². The van der Waals surface area contributed by atoms with Crippen molar-refractivity contribution in [2.24, 2.45) is 0 Å². The predicted molar refractivity (Wildman–Crippen MR) is 73.7 cm³/mol. The van der Waals surface area contributed by atoms with Gasteiger partial charge in [-0.05, 0) is 31.4 Å². The molecule has 0 aliphatic carbocycles. The molecule has 20 heavy (non-hydrogen) atoms. The van der Waals surface area contributed by atoms with Gasteiger partial charge < -0.3 is 14.4 Å². The van der Waals surface area contributed by atoms with Gasteiger partial charge in [-0.3, -0.25) is 4.79 Å². The van der Waals surface area contributed by atoms with Gasteiger partial charge >= 0.3 is 5.97 Å². The normalized spacial score (nSPS) is 18.5. The summed E-state index contributed by atoms with van der Waals surface area (Å²) in [5.74, 6) is -0.0165. The molecule has 0 bridgehead atoms. The van der Waals surface area contributed by atoms with Crippen molar-refractivity contribution in [2.75, 3.05) is 20.8 Å². The van der Waals surface area contributed by atoms with Crippen molar-refractivity contribution in [3.05, 3.63) is 29.8 Å². The number of amides is 1. The van der Waals surface area contributed by atoms with Crippen LogP contribution < -0.4 is 4.74 Å². The van der Waals surface area contributed by atoms with Crippen molar-refractivity contribution in [3.63, 3.8) is 0 Å². The molecule has 1 fully saturated rings. The molecule has 1 amide bonds. The number of hydrogen-bond donors (Lipinski definition) is 0. The summed E-state index contributed by atoms with van der Waals surface area (Å²) in [7, 11) is 2.88. The summed E-state index contributed by atoms with van der Waals surface area (Å²) in [4.78, 5) is 26.1. The summed E-state index contributed by atoms with van der Waals surface area (Å²) in [6.45, 7) is 0.566. The summed E-state index contributed by atoms with van der Waals surface area (Å²) < 4.78 is 10.0. The molecule has 0 aromatic heterocycles. The van der Waals surface area contributed by atoms with Gasteiger partial charge in [0.1, 0.15) is 11.8 Å². The summed E-state index contributed by atoms with van der Waals surface area (Å²) >= 11 is 0. The smallest absolute Gasteiger partial charge is 0.328 e. The minimum Gasteiger partial charge on any atom is -0.496 e. The average Bonchev–Trinajstić information content (AvgIpc) is 2.53. The third kappa shape index (κ3) is 2.76. The van der Waals surface area contributed by atoms with Crippen molar-refractivity contribution in [2.45, 2.75) is 25.3 Å². The van der Waals surface area contributed by atoms with E-state index in [0.717, 1.165) is 12.8 Å². The highest BCUT2D eigenvalue weighted by molar-refractivity contribution is 5.99. The van der Waals surface area contributed by atoms with Crippen LogP contribution in [0.25, 0.3) is 0 Å². The van der Waals surface area contributed by atoms with E-state index in [1.165, 1.54) is 14.2 Å². The molecular formula is C15H19NO4. The Kier molecular flexibility index (Phi) is 4.61. The lowest BCUT2D eigenvalue weighted by molar-refractivity contribution is -0.147. The Labute approximate surface area is 118 Å². The molecule has 0 radical (unpaired) electrons. The van der Waals surface area contributed by atoms with Crippen molar-refractivity contribution in [1.82, 2.24) is 4.90 Å². The van der Waals surface area contributed by atoms with E-state index in [9.17, 15) is 9.59 Å². The molecule has 1 aromatic rings. The molecule has 1 saturated heterocycles. The molecule has 1 aliphatic heterocycles. The Morgan fingerprint density at radius 1 is 1.20 bits per heavy atom. The minimum atomic E-state index is -0.494. The third-order valence-corrected chi connectivity index (χ3v) is 3.57. The molecule has 0 spiro atoms. The zero-order chi connectivity index (χ0) is 14.5. The van der Waals surface area contributed by atoms with Crippen LogP contribution in [0, 0.1) is 0 Å². The van der Waals surface area contributed by atoms with Crippen molar-refractivity contribution in [1.29, 1.82) is 0 Å². The van der Waals surface area contributed by atoms with E-state index in [4.69, 9.17) is 9.47 Å². The Balaban J connectivity index is 2.27. The standard InChI is InChI=1S/C15H19NO4/c1-19-13-9-4-3-7-11(13)14(17)16-10-6-5-8-12(16)15(18)20-2/h3-4,7,9,12H,5-6,8,10H2,1-2H3/t12-/m1/s1. The van der Waals surface area contributed by atoms with E-state index >= 15 is 0 Å². The highest BCUT2D eigenvalue weighted by Gasteiger charge is 2.34. The number of ether oxygens (including phenoxy) is 2. The van der Waals surface area contributed by atoms with Crippen LogP contribution in [0.5, 0.6) is 5.75 Å². The Morgan fingerprint density at radius 2 is 1.95 bits per heavy atom.